The molecule has 90 valence electrons. The molecule has 0 heterocycles. The highest BCUT2D eigenvalue weighted by Crippen LogP contribution is 2.15. The summed E-state index contributed by atoms with van der Waals surface area (Å²) in [4.78, 5) is 0. The summed E-state index contributed by atoms with van der Waals surface area (Å²) in [5.74, 6) is 6.40. The molecule has 0 saturated carbocycles. The van der Waals surface area contributed by atoms with E-state index in [1.165, 1.54) is 11.1 Å². The van der Waals surface area contributed by atoms with E-state index in [2.05, 4.69) is 61.9 Å². The van der Waals surface area contributed by atoms with Gasteiger partial charge in [0.25, 0.3) is 0 Å². The van der Waals surface area contributed by atoms with Crippen LogP contribution in [0.2, 0.25) is 0 Å². The Morgan fingerprint density at radius 2 is 1.28 bits per heavy atom. The summed E-state index contributed by atoms with van der Waals surface area (Å²) in [6.07, 6.45) is 0. The van der Waals surface area contributed by atoms with E-state index in [-0.39, 0.29) is 0 Å². The van der Waals surface area contributed by atoms with Gasteiger partial charge >= 0.3 is 0 Å². The van der Waals surface area contributed by atoms with Crippen molar-refractivity contribution in [2.75, 3.05) is 0 Å². The molecule has 18 heavy (non-hydrogen) atoms. The summed E-state index contributed by atoms with van der Waals surface area (Å²) in [6, 6.07) is 16.5. The molecule has 0 radical (unpaired) electrons. The molecule has 0 aliphatic heterocycles. The molecule has 2 aromatic rings. The van der Waals surface area contributed by atoms with Gasteiger partial charge < -0.3 is 0 Å². The fourth-order valence-electron chi connectivity index (χ4n) is 1.65. The Hall–Kier alpha value is -1.04. The van der Waals surface area contributed by atoms with Crippen LogP contribution in [0.5, 0.6) is 0 Å². The Morgan fingerprint density at radius 3 is 1.83 bits per heavy atom. The number of halogens is 2. The van der Waals surface area contributed by atoms with Crippen LogP contribution < -0.4 is 0 Å². The van der Waals surface area contributed by atoms with Gasteiger partial charge in [0, 0.05) is 21.8 Å². The van der Waals surface area contributed by atoms with Gasteiger partial charge in [0.15, 0.2) is 0 Å². The second-order valence-corrected chi connectivity index (χ2v) is 5.04. The Labute approximate surface area is 125 Å². The smallest absolute Gasteiger partial charge is 0.0283 e. The molecular formula is C16H12Br2. The van der Waals surface area contributed by atoms with Gasteiger partial charge in [-0.25, -0.2) is 0 Å². The van der Waals surface area contributed by atoms with Crippen molar-refractivity contribution < 1.29 is 0 Å². The van der Waals surface area contributed by atoms with Crippen LogP contribution in [0.1, 0.15) is 22.3 Å². The number of benzene rings is 2. The van der Waals surface area contributed by atoms with E-state index in [9.17, 15) is 0 Å². The summed E-state index contributed by atoms with van der Waals surface area (Å²) in [7, 11) is 0. The average molecular weight is 364 g/mol. The zero-order chi connectivity index (χ0) is 12.8. The SMILES string of the molecule is BrCc1cc(C#Cc2ccccc2)cc(CBr)c1. The Morgan fingerprint density at radius 1 is 0.722 bits per heavy atom. The lowest BCUT2D eigenvalue weighted by Gasteiger charge is -2.01. The van der Waals surface area contributed by atoms with Gasteiger partial charge in [-0.1, -0.05) is 68.0 Å². The van der Waals surface area contributed by atoms with Crippen molar-refractivity contribution in [3.8, 4) is 11.8 Å². The molecular weight excluding hydrogens is 352 g/mol. The zero-order valence-electron chi connectivity index (χ0n) is 9.79. The fraction of sp³-hybridized carbons (Fsp3) is 0.125. The van der Waals surface area contributed by atoms with Crippen molar-refractivity contribution >= 4 is 31.9 Å². The first-order valence-electron chi connectivity index (χ1n) is 5.63. The lowest BCUT2D eigenvalue weighted by Crippen LogP contribution is -1.86. The van der Waals surface area contributed by atoms with Gasteiger partial charge in [-0.2, -0.15) is 0 Å². The van der Waals surface area contributed by atoms with E-state index >= 15 is 0 Å². The molecule has 0 saturated heterocycles. The van der Waals surface area contributed by atoms with Crippen molar-refractivity contribution in [1.82, 2.24) is 0 Å². The highest BCUT2D eigenvalue weighted by Gasteiger charge is 1.97. The normalized spacial score (nSPS) is 9.67. The second kappa shape index (κ2) is 6.78. The standard InChI is InChI=1S/C16H12Br2/c17-11-15-8-14(9-16(10-15)12-18)7-6-13-4-2-1-3-5-13/h1-5,8-10H,11-12H2. The lowest BCUT2D eigenvalue weighted by molar-refractivity contribution is 1.34. The molecule has 0 amide bonds. The molecule has 2 rings (SSSR count). The molecule has 0 atom stereocenters. The summed E-state index contributed by atoms with van der Waals surface area (Å²) in [6.45, 7) is 0. The van der Waals surface area contributed by atoms with Crippen LogP contribution in [-0.4, -0.2) is 0 Å². The van der Waals surface area contributed by atoms with Gasteiger partial charge in [0.2, 0.25) is 0 Å². The minimum absolute atomic E-state index is 0.855. The molecule has 0 nitrogen and oxygen atoms in total. The van der Waals surface area contributed by atoms with E-state index in [1.54, 1.807) is 0 Å². The van der Waals surface area contributed by atoms with Crippen LogP contribution >= 0.6 is 31.9 Å². The van der Waals surface area contributed by atoms with E-state index in [0.29, 0.717) is 0 Å². The van der Waals surface area contributed by atoms with Crippen LogP contribution in [-0.2, 0) is 10.7 Å². The molecule has 0 aliphatic rings. The van der Waals surface area contributed by atoms with Crippen LogP contribution in [0, 0.1) is 11.8 Å². The molecule has 0 N–H and O–H groups in total. The first-order valence-corrected chi connectivity index (χ1v) is 7.88. The molecule has 0 aliphatic carbocycles. The van der Waals surface area contributed by atoms with Crippen LogP contribution in [0.4, 0.5) is 0 Å². The lowest BCUT2D eigenvalue weighted by atomic mass is 10.1. The summed E-state index contributed by atoms with van der Waals surface area (Å²) in [5, 5.41) is 1.71. The molecule has 0 fully saturated rings. The third kappa shape index (κ3) is 3.73. The van der Waals surface area contributed by atoms with Crippen molar-refractivity contribution in [1.29, 1.82) is 0 Å². The predicted molar refractivity (Wildman–Crippen MR) is 84.1 cm³/mol. The summed E-state index contributed by atoms with van der Waals surface area (Å²) in [5.41, 5.74) is 4.61. The Balaban J connectivity index is 2.32. The highest BCUT2D eigenvalue weighted by atomic mass is 79.9. The molecule has 0 spiro atoms. The maximum atomic E-state index is 3.49. The maximum Gasteiger partial charge on any atom is 0.0283 e. The first-order chi connectivity index (χ1) is 8.81. The summed E-state index contributed by atoms with van der Waals surface area (Å²) < 4.78 is 0. The number of alkyl halides is 2. The Kier molecular flexibility index (Phi) is 5.04. The zero-order valence-corrected chi connectivity index (χ0v) is 13.0. The minimum atomic E-state index is 0.855. The summed E-state index contributed by atoms with van der Waals surface area (Å²) >= 11 is 6.98. The topological polar surface area (TPSA) is 0 Å². The van der Waals surface area contributed by atoms with Crippen LogP contribution in [0.3, 0.4) is 0 Å². The highest BCUT2D eigenvalue weighted by molar-refractivity contribution is 9.08. The third-order valence-electron chi connectivity index (χ3n) is 2.49. The second-order valence-electron chi connectivity index (χ2n) is 3.92. The van der Waals surface area contributed by atoms with Gasteiger partial charge in [-0.05, 0) is 35.4 Å². The van der Waals surface area contributed by atoms with Gasteiger partial charge in [0.1, 0.15) is 0 Å². The van der Waals surface area contributed by atoms with Gasteiger partial charge in [-0.3, -0.25) is 0 Å². The Bertz CT molecular complexity index is 555. The minimum Gasteiger partial charge on any atom is -0.0876 e. The van der Waals surface area contributed by atoms with Crippen molar-refractivity contribution in [3.63, 3.8) is 0 Å². The molecule has 0 unspecified atom stereocenters. The quantitative estimate of drug-likeness (QED) is 0.527. The van der Waals surface area contributed by atoms with Crippen molar-refractivity contribution in [3.05, 3.63) is 70.8 Å². The largest absolute Gasteiger partial charge is 0.0876 e. The molecule has 2 heteroatoms. The predicted octanol–water partition coefficient (Wildman–Crippen LogP) is 4.88. The van der Waals surface area contributed by atoms with E-state index in [0.717, 1.165) is 21.8 Å². The average Bonchev–Trinajstić information content (AvgIpc) is 2.45. The van der Waals surface area contributed by atoms with Gasteiger partial charge in [0.05, 0.1) is 0 Å². The first kappa shape index (κ1) is 13.4. The number of hydrogen-bond donors (Lipinski definition) is 0. The van der Waals surface area contributed by atoms with E-state index < -0.39 is 0 Å². The van der Waals surface area contributed by atoms with Crippen LogP contribution in [0.25, 0.3) is 0 Å². The number of rotatable bonds is 2. The molecule has 2 aromatic carbocycles. The van der Waals surface area contributed by atoms with Crippen molar-refractivity contribution in [2.45, 2.75) is 10.7 Å². The molecule has 0 aromatic heterocycles. The van der Waals surface area contributed by atoms with E-state index in [4.69, 9.17) is 0 Å². The molecule has 0 bridgehead atoms. The maximum absolute atomic E-state index is 3.49. The monoisotopic (exact) mass is 362 g/mol. The third-order valence-corrected chi connectivity index (χ3v) is 3.78. The van der Waals surface area contributed by atoms with E-state index in [1.807, 2.05) is 30.3 Å². The number of hydrogen-bond acceptors (Lipinski definition) is 0. The fourth-order valence-corrected chi connectivity index (χ4v) is 2.30. The van der Waals surface area contributed by atoms with Gasteiger partial charge in [-0.15, -0.1) is 0 Å². The van der Waals surface area contributed by atoms with Crippen LogP contribution in [0.15, 0.2) is 48.5 Å². The van der Waals surface area contributed by atoms with Crippen molar-refractivity contribution in [2.24, 2.45) is 0 Å².